The van der Waals surface area contributed by atoms with Crippen molar-refractivity contribution in [1.29, 1.82) is 0 Å². The largest absolute Gasteiger partial charge is 0.339 e. The SMILES string of the molecule is CNCC1CCN(C(=O)c2cc(C)ccc2F)CC1.Cl. The van der Waals surface area contributed by atoms with E-state index in [1.54, 1.807) is 17.0 Å². The molecule has 0 spiro atoms. The highest BCUT2D eigenvalue weighted by Gasteiger charge is 2.24. The molecular weight excluding hydrogens is 279 g/mol. The number of rotatable bonds is 3. The van der Waals surface area contributed by atoms with Crippen LogP contribution in [0.4, 0.5) is 4.39 Å². The molecule has 1 saturated heterocycles. The molecule has 1 aliphatic heterocycles. The summed E-state index contributed by atoms with van der Waals surface area (Å²) in [5, 5.41) is 3.17. The molecule has 1 amide bonds. The fourth-order valence-electron chi connectivity index (χ4n) is 2.60. The van der Waals surface area contributed by atoms with Crippen LogP contribution in [0.15, 0.2) is 18.2 Å². The van der Waals surface area contributed by atoms with Gasteiger partial charge in [0.25, 0.3) is 5.91 Å². The zero-order valence-corrected chi connectivity index (χ0v) is 12.8. The van der Waals surface area contributed by atoms with Gasteiger partial charge in [0.2, 0.25) is 0 Å². The van der Waals surface area contributed by atoms with Gasteiger partial charge in [-0.1, -0.05) is 11.6 Å². The van der Waals surface area contributed by atoms with Crippen molar-refractivity contribution in [2.45, 2.75) is 19.8 Å². The van der Waals surface area contributed by atoms with Crippen LogP contribution >= 0.6 is 12.4 Å². The van der Waals surface area contributed by atoms with E-state index in [4.69, 9.17) is 0 Å². The fraction of sp³-hybridized carbons (Fsp3) is 0.533. The first-order chi connectivity index (χ1) is 9.11. The molecular formula is C15H22ClFN2O. The van der Waals surface area contributed by atoms with Gasteiger partial charge in [-0.15, -0.1) is 12.4 Å². The Morgan fingerprint density at radius 1 is 1.40 bits per heavy atom. The number of amides is 1. The zero-order chi connectivity index (χ0) is 13.8. The molecule has 5 heteroatoms. The van der Waals surface area contributed by atoms with Crippen LogP contribution in [-0.4, -0.2) is 37.5 Å². The zero-order valence-electron chi connectivity index (χ0n) is 12.0. The Balaban J connectivity index is 0.00000200. The van der Waals surface area contributed by atoms with E-state index >= 15 is 0 Å². The minimum atomic E-state index is -0.423. The van der Waals surface area contributed by atoms with Gasteiger partial charge in [0.05, 0.1) is 5.56 Å². The number of hydrogen-bond donors (Lipinski definition) is 1. The topological polar surface area (TPSA) is 32.3 Å². The number of nitrogens with one attached hydrogen (secondary N) is 1. The van der Waals surface area contributed by atoms with Crippen molar-refractivity contribution in [2.75, 3.05) is 26.7 Å². The third-order valence-electron chi connectivity index (χ3n) is 3.75. The van der Waals surface area contributed by atoms with Crippen molar-refractivity contribution in [3.8, 4) is 0 Å². The van der Waals surface area contributed by atoms with Gasteiger partial charge >= 0.3 is 0 Å². The molecule has 20 heavy (non-hydrogen) atoms. The van der Waals surface area contributed by atoms with E-state index < -0.39 is 5.82 Å². The Hall–Kier alpha value is -1.13. The summed E-state index contributed by atoms with van der Waals surface area (Å²) < 4.78 is 13.7. The highest BCUT2D eigenvalue weighted by Crippen LogP contribution is 2.20. The summed E-state index contributed by atoms with van der Waals surface area (Å²) in [7, 11) is 1.94. The predicted octanol–water partition coefficient (Wildman–Crippen LogP) is 2.63. The van der Waals surface area contributed by atoms with Gasteiger partial charge in [0.1, 0.15) is 5.82 Å². The second-order valence-electron chi connectivity index (χ2n) is 5.28. The van der Waals surface area contributed by atoms with Crippen LogP contribution in [0.2, 0.25) is 0 Å². The normalized spacial score (nSPS) is 15.8. The Morgan fingerprint density at radius 3 is 2.65 bits per heavy atom. The van der Waals surface area contributed by atoms with E-state index in [1.807, 2.05) is 14.0 Å². The van der Waals surface area contributed by atoms with Gasteiger partial charge in [0, 0.05) is 13.1 Å². The maximum atomic E-state index is 13.7. The maximum Gasteiger partial charge on any atom is 0.256 e. The van der Waals surface area contributed by atoms with E-state index in [-0.39, 0.29) is 23.9 Å². The molecule has 1 aromatic rings. The van der Waals surface area contributed by atoms with Gasteiger partial charge in [0.15, 0.2) is 0 Å². The number of carbonyl (C=O) groups excluding carboxylic acids is 1. The lowest BCUT2D eigenvalue weighted by Gasteiger charge is -2.32. The highest BCUT2D eigenvalue weighted by molar-refractivity contribution is 5.94. The van der Waals surface area contributed by atoms with Crippen LogP contribution in [-0.2, 0) is 0 Å². The Morgan fingerprint density at radius 2 is 2.05 bits per heavy atom. The minimum Gasteiger partial charge on any atom is -0.339 e. The van der Waals surface area contributed by atoms with E-state index in [2.05, 4.69) is 5.32 Å². The minimum absolute atomic E-state index is 0. The lowest BCUT2D eigenvalue weighted by Crippen LogP contribution is -2.40. The lowest BCUT2D eigenvalue weighted by molar-refractivity contribution is 0.0686. The molecule has 0 radical (unpaired) electrons. The average Bonchev–Trinajstić information content (AvgIpc) is 2.42. The number of halogens is 2. The molecule has 112 valence electrons. The molecule has 0 aromatic heterocycles. The van der Waals surface area contributed by atoms with Crippen LogP contribution in [0.5, 0.6) is 0 Å². The van der Waals surface area contributed by atoms with Crippen molar-refractivity contribution in [1.82, 2.24) is 10.2 Å². The molecule has 0 saturated carbocycles. The molecule has 1 heterocycles. The van der Waals surface area contributed by atoms with Crippen LogP contribution in [0.3, 0.4) is 0 Å². The van der Waals surface area contributed by atoms with Crippen molar-refractivity contribution < 1.29 is 9.18 Å². The molecule has 2 rings (SSSR count). The number of nitrogens with zero attached hydrogens (tertiary/aromatic N) is 1. The molecule has 0 aliphatic carbocycles. The van der Waals surface area contributed by atoms with E-state index in [9.17, 15) is 9.18 Å². The number of piperidine rings is 1. The Kier molecular flexibility index (Phi) is 6.43. The number of aryl methyl sites for hydroxylation is 1. The van der Waals surface area contributed by atoms with Crippen LogP contribution in [0.25, 0.3) is 0 Å². The van der Waals surface area contributed by atoms with Crippen LogP contribution in [0, 0.1) is 18.7 Å². The van der Waals surface area contributed by atoms with Gasteiger partial charge in [-0.2, -0.15) is 0 Å². The molecule has 1 fully saturated rings. The molecule has 1 aliphatic rings. The average molecular weight is 301 g/mol. The summed E-state index contributed by atoms with van der Waals surface area (Å²) in [6.45, 7) is 4.30. The predicted molar refractivity (Wildman–Crippen MR) is 80.9 cm³/mol. The first kappa shape index (κ1) is 16.9. The first-order valence-electron chi connectivity index (χ1n) is 6.82. The second-order valence-corrected chi connectivity index (χ2v) is 5.28. The molecule has 1 N–H and O–H groups in total. The summed E-state index contributed by atoms with van der Waals surface area (Å²) >= 11 is 0. The van der Waals surface area contributed by atoms with E-state index in [0.717, 1.165) is 38.0 Å². The van der Waals surface area contributed by atoms with Gasteiger partial charge in [-0.25, -0.2) is 4.39 Å². The van der Waals surface area contributed by atoms with Crippen LogP contribution in [0.1, 0.15) is 28.8 Å². The number of hydrogen-bond acceptors (Lipinski definition) is 2. The number of likely N-dealkylation sites (tertiary alicyclic amines) is 1. The summed E-state index contributed by atoms with van der Waals surface area (Å²) in [5.41, 5.74) is 1.11. The smallest absolute Gasteiger partial charge is 0.256 e. The van der Waals surface area contributed by atoms with Gasteiger partial charge in [-0.3, -0.25) is 4.79 Å². The Labute approximate surface area is 125 Å². The van der Waals surface area contributed by atoms with Crippen molar-refractivity contribution in [2.24, 2.45) is 5.92 Å². The first-order valence-corrected chi connectivity index (χ1v) is 6.82. The summed E-state index contributed by atoms with van der Waals surface area (Å²) in [6, 6.07) is 4.69. The van der Waals surface area contributed by atoms with Crippen molar-refractivity contribution in [3.63, 3.8) is 0 Å². The van der Waals surface area contributed by atoms with Gasteiger partial charge in [-0.05, 0) is 51.4 Å². The third kappa shape index (κ3) is 3.93. The lowest BCUT2D eigenvalue weighted by atomic mass is 9.96. The van der Waals surface area contributed by atoms with Crippen LogP contribution < -0.4 is 5.32 Å². The number of benzene rings is 1. The monoisotopic (exact) mass is 300 g/mol. The molecule has 3 nitrogen and oxygen atoms in total. The molecule has 0 atom stereocenters. The maximum absolute atomic E-state index is 13.7. The third-order valence-corrected chi connectivity index (χ3v) is 3.75. The molecule has 0 bridgehead atoms. The van der Waals surface area contributed by atoms with E-state index in [1.165, 1.54) is 6.07 Å². The summed E-state index contributed by atoms with van der Waals surface area (Å²) in [6.07, 6.45) is 1.97. The quantitative estimate of drug-likeness (QED) is 0.931. The van der Waals surface area contributed by atoms with Crippen molar-refractivity contribution >= 4 is 18.3 Å². The van der Waals surface area contributed by atoms with Crippen molar-refractivity contribution in [3.05, 3.63) is 35.1 Å². The molecule has 1 aromatic carbocycles. The fourth-order valence-corrected chi connectivity index (χ4v) is 2.60. The Bertz CT molecular complexity index is 459. The number of carbonyl (C=O) groups is 1. The summed E-state index contributed by atoms with van der Waals surface area (Å²) in [5.74, 6) is 0.0217. The highest BCUT2D eigenvalue weighted by atomic mass is 35.5. The second kappa shape index (κ2) is 7.60. The van der Waals surface area contributed by atoms with E-state index in [0.29, 0.717) is 5.92 Å². The molecule has 0 unspecified atom stereocenters. The summed E-state index contributed by atoms with van der Waals surface area (Å²) in [4.78, 5) is 14.1. The standard InChI is InChI=1S/C15H21FN2O.ClH/c1-11-3-4-14(16)13(9-11)15(19)18-7-5-12(6-8-18)10-17-2;/h3-4,9,12,17H,5-8,10H2,1-2H3;1H. The van der Waals surface area contributed by atoms with Gasteiger partial charge < -0.3 is 10.2 Å².